The first-order valence-electron chi connectivity index (χ1n) is 2.27. The van der Waals surface area contributed by atoms with Crippen LogP contribution in [0.2, 0.25) is 0 Å². The molecule has 0 saturated carbocycles. The van der Waals surface area contributed by atoms with Crippen LogP contribution >= 0.6 is 0 Å². The summed E-state index contributed by atoms with van der Waals surface area (Å²) >= 11 is 0. The van der Waals surface area contributed by atoms with Gasteiger partial charge in [0.25, 0.3) is 0 Å². The third-order valence-electron chi connectivity index (χ3n) is 0.829. The molecule has 0 fully saturated rings. The molecule has 40 valence electrons. The maximum atomic E-state index is 9.67. The molecule has 0 N–H and O–H groups in total. The Bertz CT molecular complexity index is 194. The predicted octanol–water partition coefficient (Wildman–Crippen LogP) is 0.790. The van der Waals surface area contributed by atoms with Crippen LogP contribution in [0.25, 0.3) is 6.20 Å². The zero-order chi connectivity index (χ0) is 5.82. The number of rotatable bonds is 1. The van der Waals surface area contributed by atoms with E-state index in [0.717, 1.165) is 0 Å². The summed E-state index contributed by atoms with van der Waals surface area (Å²) < 4.78 is 1.63. The van der Waals surface area contributed by atoms with Crippen molar-refractivity contribution in [3.63, 3.8) is 0 Å². The Morgan fingerprint density at radius 3 is 2.50 bits per heavy atom. The quantitative estimate of drug-likeness (QED) is 0.486. The van der Waals surface area contributed by atoms with Gasteiger partial charge in [0.15, 0.2) is 0 Å². The van der Waals surface area contributed by atoms with E-state index in [1.807, 2.05) is 12.1 Å². The molecule has 0 unspecified atom stereocenters. The number of carbonyl (C=O) groups excluding carboxylic acids is 1. The minimum atomic E-state index is 1.32. The summed E-state index contributed by atoms with van der Waals surface area (Å²) in [5.74, 6) is 1.66. The Hall–Kier alpha value is -1.27. The normalized spacial score (nSPS) is 8.00. The van der Waals surface area contributed by atoms with E-state index in [1.54, 1.807) is 22.9 Å². The molecule has 1 rings (SSSR count). The van der Waals surface area contributed by atoms with Crippen molar-refractivity contribution < 1.29 is 4.79 Å². The van der Waals surface area contributed by atoms with Gasteiger partial charge < -0.3 is 4.57 Å². The van der Waals surface area contributed by atoms with Gasteiger partial charge in [-0.3, -0.25) is 0 Å². The molecule has 1 aromatic rings. The lowest BCUT2D eigenvalue weighted by Gasteiger charge is -1.80. The third-order valence-corrected chi connectivity index (χ3v) is 0.829. The second-order valence-corrected chi connectivity index (χ2v) is 1.38. The second kappa shape index (κ2) is 2.15. The van der Waals surface area contributed by atoms with E-state index in [1.165, 1.54) is 6.20 Å². The van der Waals surface area contributed by atoms with Crippen LogP contribution in [0, 0.1) is 0 Å². The van der Waals surface area contributed by atoms with Crippen LogP contribution in [0.4, 0.5) is 0 Å². The van der Waals surface area contributed by atoms with E-state index in [4.69, 9.17) is 0 Å². The van der Waals surface area contributed by atoms with Crippen molar-refractivity contribution in [2.24, 2.45) is 0 Å². The highest BCUT2D eigenvalue weighted by Crippen LogP contribution is 1.86. The molecule has 1 heterocycles. The van der Waals surface area contributed by atoms with Crippen LogP contribution < -0.4 is 0 Å². The SMILES string of the molecule is O=C=Cn1cccc1. The summed E-state index contributed by atoms with van der Waals surface area (Å²) in [5, 5.41) is 0. The molecule has 0 saturated heterocycles. The molecular formula is C6H5NO. The van der Waals surface area contributed by atoms with E-state index in [2.05, 4.69) is 0 Å². The van der Waals surface area contributed by atoms with E-state index in [9.17, 15) is 4.79 Å². The molecule has 0 aliphatic rings. The maximum absolute atomic E-state index is 9.67. The van der Waals surface area contributed by atoms with Crippen LogP contribution in [-0.2, 0) is 4.79 Å². The summed E-state index contributed by atoms with van der Waals surface area (Å²) in [6.45, 7) is 0. The highest BCUT2D eigenvalue weighted by atomic mass is 16.1. The van der Waals surface area contributed by atoms with Crippen LogP contribution in [-0.4, -0.2) is 10.5 Å². The summed E-state index contributed by atoms with van der Waals surface area (Å²) in [7, 11) is 0. The van der Waals surface area contributed by atoms with Crippen molar-refractivity contribution >= 4 is 12.1 Å². The monoisotopic (exact) mass is 107 g/mol. The zero-order valence-corrected chi connectivity index (χ0v) is 4.24. The molecule has 0 aromatic carbocycles. The van der Waals surface area contributed by atoms with Gasteiger partial charge in [-0.25, -0.2) is 4.79 Å². The lowest BCUT2D eigenvalue weighted by Crippen LogP contribution is -1.75. The maximum Gasteiger partial charge on any atom is 0.142 e. The van der Waals surface area contributed by atoms with Crippen molar-refractivity contribution in [1.82, 2.24) is 4.57 Å². The molecule has 0 atom stereocenters. The van der Waals surface area contributed by atoms with Crippen molar-refractivity contribution in [2.75, 3.05) is 0 Å². The molecule has 1 aromatic heterocycles. The molecular weight excluding hydrogens is 102 g/mol. The molecule has 2 nitrogen and oxygen atoms in total. The van der Waals surface area contributed by atoms with Gasteiger partial charge in [-0.05, 0) is 12.1 Å². The highest BCUT2D eigenvalue weighted by molar-refractivity contribution is 5.63. The topological polar surface area (TPSA) is 22.0 Å². The number of nitrogens with zero attached hydrogens (tertiary/aromatic N) is 1. The highest BCUT2D eigenvalue weighted by Gasteiger charge is 1.74. The molecule has 0 amide bonds. The van der Waals surface area contributed by atoms with Gasteiger partial charge >= 0.3 is 0 Å². The number of aromatic nitrogens is 1. The first-order valence-corrected chi connectivity index (χ1v) is 2.27. The average molecular weight is 107 g/mol. The minimum Gasteiger partial charge on any atom is -0.321 e. The molecule has 0 aliphatic carbocycles. The fourth-order valence-corrected chi connectivity index (χ4v) is 0.495. The lowest BCUT2D eigenvalue weighted by atomic mass is 10.7. The van der Waals surface area contributed by atoms with E-state index in [-0.39, 0.29) is 0 Å². The smallest absolute Gasteiger partial charge is 0.142 e. The molecule has 0 spiro atoms. The van der Waals surface area contributed by atoms with Crippen LogP contribution in [0.1, 0.15) is 0 Å². The Balaban J connectivity index is 2.93. The average Bonchev–Trinajstić information content (AvgIpc) is 2.19. The van der Waals surface area contributed by atoms with Gasteiger partial charge in [-0.2, -0.15) is 0 Å². The van der Waals surface area contributed by atoms with Gasteiger partial charge in [0.1, 0.15) is 5.94 Å². The van der Waals surface area contributed by atoms with Crippen molar-refractivity contribution in [3.05, 3.63) is 24.5 Å². The summed E-state index contributed by atoms with van der Waals surface area (Å²) in [6.07, 6.45) is 4.86. The van der Waals surface area contributed by atoms with Crippen LogP contribution in [0.3, 0.4) is 0 Å². The second-order valence-electron chi connectivity index (χ2n) is 1.38. The molecule has 0 aliphatic heterocycles. The van der Waals surface area contributed by atoms with Gasteiger partial charge in [-0.1, -0.05) is 0 Å². The van der Waals surface area contributed by atoms with Crippen molar-refractivity contribution in [2.45, 2.75) is 0 Å². The minimum absolute atomic E-state index is 1.32. The zero-order valence-electron chi connectivity index (χ0n) is 4.24. The van der Waals surface area contributed by atoms with Gasteiger partial charge in [-0.15, -0.1) is 0 Å². The Morgan fingerprint density at radius 1 is 1.38 bits per heavy atom. The van der Waals surface area contributed by atoms with Gasteiger partial charge in [0.2, 0.25) is 0 Å². The van der Waals surface area contributed by atoms with Crippen molar-refractivity contribution in [1.29, 1.82) is 0 Å². The Morgan fingerprint density at radius 2 is 2.00 bits per heavy atom. The largest absolute Gasteiger partial charge is 0.321 e. The summed E-state index contributed by atoms with van der Waals surface area (Å²) in [6, 6.07) is 3.68. The molecule has 8 heavy (non-hydrogen) atoms. The summed E-state index contributed by atoms with van der Waals surface area (Å²) in [4.78, 5) is 9.67. The number of hydrogen-bond acceptors (Lipinski definition) is 1. The lowest BCUT2D eigenvalue weighted by molar-refractivity contribution is 0.569. The molecule has 2 heteroatoms. The Labute approximate surface area is 47.1 Å². The van der Waals surface area contributed by atoms with E-state index < -0.39 is 0 Å². The fourth-order valence-electron chi connectivity index (χ4n) is 0.495. The van der Waals surface area contributed by atoms with Gasteiger partial charge in [0.05, 0.1) is 6.20 Å². The van der Waals surface area contributed by atoms with Crippen molar-refractivity contribution in [3.8, 4) is 0 Å². The first kappa shape index (κ1) is 4.88. The first-order chi connectivity index (χ1) is 3.93. The van der Waals surface area contributed by atoms with E-state index >= 15 is 0 Å². The predicted molar refractivity (Wildman–Crippen MR) is 30.9 cm³/mol. The molecule has 0 radical (unpaired) electrons. The Kier molecular flexibility index (Phi) is 1.31. The number of hydrogen-bond donors (Lipinski definition) is 0. The van der Waals surface area contributed by atoms with Crippen LogP contribution in [0.15, 0.2) is 24.5 Å². The fraction of sp³-hybridized carbons (Fsp3) is 0. The van der Waals surface area contributed by atoms with E-state index in [0.29, 0.717) is 0 Å². The van der Waals surface area contributed by atoms with Crippen LogP contribution in [0.5, 0.6) is 0 Å². The van der Waals surface area contributed by atoms with Gasteiger partial charge in [0, 0.05) is 12.4 Å². The summed E-state index contributed by atoms with van der Waals surface area (Å²) in [5.41, 5.74) is 0. The third kappa shape index (κ3) is 0.863. The molecule has 0 bridgehead atoms. The standard InChI is InChI=1S/C6H5NO/c8-6-5-7-3-1-2-4-7/h1-5H.